The maximum Gasteiger partial charge on any atom is 0.267 e. The smallest absolute Gasteiger partial charge is 0.267 e. The summed E-state index contributed by atoms with van der Waals surface area (Å²) < 4.78 is 17.5. The molecule has 1 amide bonds. The molecule has 5 aromatic rings. The number of nitrogens with two attached hydrogens (primary N) is 1. The van der Waals surface area contributed by atoms with Gasteiger partial charge in [0.05, 0.1) is 23.6 Å². The second kappa shape index (κ2) is 8.19. The molecule has 1 aliphatic carbocycles. The van der Waals surface area contributed by atoms with E-state index in [1.54, 1.807) is 10.5 Å². The molecule has 1 saturated carbocycles. The van der Waals surface area contributed by atoms with Crippen LogP contribution in [0.15, 0.2) is 55.0 Å². The highest BCUT2D eigenvalue weighted by molar-refractivity contribution is 5.92. The minimum atomic E-state index is -0.550. The first-order valence-electron chi connectivity index (χ1n) is 11.6. The number of nitrogens with one attached hydrogen (secondary N) is 1. The SMILES string of the molecule is Cc1cc(F)cc(CCc2nc(-c3ccc4ncc(C(N)=O)n4c3)c(-c3ccn(C4CC4)n3)[nH]2)c1. The molecule has 6 rings (SSSR count). The fourth-order valence-corrected chi connectivity index (χ4v) is 4.47. The van der Waals surface area contributed by atoms with Crippen molar-refractivity contribution < 1.29 is 9.18 Å². The molecule has 8 nitrogen and oxygen atoms in total. The van der Waals surface area contributed by atoms with E-state index in [0.717, 1.165) is 52.4 Å². The third kappa shape index (κ3) is 4.09. The van der Waals surface area contributed by atoms with Crippen LogP contribution in [0.5, 0.6) is 0 Å². The van der Waals surface area contributed by atoms with Gasteiger partial charge >= 0.3 is 0 Å². The van der Waals surface area contributed by atoms with Crippen molar-refractivity contribution in [2.45, 2.75) is 38.6 Å². The van der Waals surface area contributed by atoms with Gasteiger partial charge in [-0.05, 0) is 67.6 Å². The average Bonchev–Trinajstić information content (AvgIpc) is 3.22. The number of nitrogens with zero attached hydrogens (tertiary/aromatic N) is 5. The van der Waals surface area contributed by atoms with Gasteiger partial charge in [-0.2, -0.15) is 5.10 Å². The molecule has 0 radical (unpaired) electrons. The first kappa shape index (κ1) is 21.3. The summed E-state index contributed by atoms with van der Waals surface area (Å²) in [6.45, 7) is 1.89. The van der Waals surface area contributed by atoms with E-state index in [0.29, 0.717) is 30.2 Å². The third-order valence-corrected chi connectivity index (χ3v) is 6.32. The van der Waals surface area contributed by atoms with E-state index in [-0.39, 0.29) is 5.82 Å². The number of primary amides is 1. The molecule has 0 atom stereocenters. The molecule has 35 heavy (non-hydrogen) atoms. The summed E-state index contributed by atoms with van der Waals surface area (Å²) in [5.74, 6) is -0.00443. The maximum atomic E-state index is 13.9. The van der Waals surface area contributed by atoms with Gasteiger partial charge in [0.15, 0.2) is 0 Å². The Hall–Kier alpha value is -4.27. The Morgan fingerprint density at radius 1 is 1.20 bits per heavy atom. The van der Waals surface area contributed by atoms with Crippen LogP contribution in [-0.4, -0.2) is 35.0 Å². The van der Waals surface area contributed by atoms with Gasteiger partial charge in [0.1, 0.15) is 28.7 Å². The zero-order valence-electron chi connectivity index (χ0n) is 19.2. The van der Waals surface area contributed by atoms with Crippen molar-refractivity contribution in [1.82, 2.24) is 29.1 Å². The summed E-state index contributed by atoms with van der Waals surface area (Å²) in [6, 6.07) is 11.3. The maximum absolute atomic E-state index is 13.9. The number of benzene rings is 1. The molecule has 4 aromatic heterocycles. The predicted molar refractivity (Wildman–Crippen MR) is 129 cm³/mol. The second-order valence-electron chi connectivity index (χ2n) is 9.11. The van der Waals surface area contributed by atoms with Crippen molar-refractivity contribution in [2.75, 3.05) is 0 Å². The topological polar surface area (TPSA) is 107 Å². The summed E-state index contributed by atoms with van der Waals surface area (Å²) in [4.78, 5) is 24.5. The fourth-order valence-electron chi connectivity index (χ4n) is 4.47. The van der Waals surface area contributed by atoms with Crippen LogP contribution >= 0.6 is 0 Å². The van der Waals surface area contributed by atoms with E-state index in [4.69, 9.17) is 15.8 Å². The monoisotopic (exact) mass is 469 g/mol. The Bertz CT molecular complexity index is 1550. The number of carbonyl (C=O) groups is 1. The lowest BCUT2D eigenvalue weighted by Gasteiger charge is -2.04. The highest BCUT2D eigenvalue weighted by Gasteiger charge is 2.25. The summed E-state index contributed by atoms with van der Waals surface area (Å²) >= 11 is 0. The Morgan fingerprint density at radius 2 is 2.06 bits per heavy atom. The van der Waals surface area contributed by atoms with Crippen LogP contribution < -0.4 is 5.73 Å². The lowest BCUT2D eigenvalue weighted by Crippen LogP contribution is -2.13. The highest BCUT2D eigenvalue weighted by atomic mass is 19.1. The number of fused-ring (bicyclic) bond motifs is 1. The molecule has 9 heteroatoms. The van der Waals surface area contributed by atoms with Crippen LogP contribution in [0, 0.1) is 12.7 Å². The van der Waals surface area contributed by atoms with E-state index in [2.05, 4.69) is 9.97 Å². The normalized spacial score (nSPS) is 13.5. The Kier molecular flexibility index (Phi) is 4.98. The molecule has 1 fully saturated rings. The van der Waals surface area contributed by atoms with Crippen LogP contribution in [-0.2, 0) is 12.8 Å². The van der Waals surface area contributed by atoms with Crippen molar-refractivity contribution in [2.24, 2.45) is 5.73 Å². The zero-order chi connectivity index (χ0) is 24.1. The first-order valence-corrected chi connectivity index (χ1v) is 11.6. The number of rotatable bonds is 7. The van der Waals surface area contributed by atoms with E-state index in [1.165, 1.54) is 12.3 Å². The van der Waals surface area contributed by atoms with Crippen LogP contribution in [0.25, 0.3) is 28.3 Å². The van der Waals surface area contributed by atoms with Gasteiger partial charge in [0, 0.05) is 24.4 Å². The Labute approximate surface area is 200 Å². The Balaban J connectivity index is 1.40. The molecule has 3 N–H and O–H groups in total. The molecule has 0 aliphatic heterocycles. The standard InChI is InChI=1S/C26H24FN7O/c1-15-10-16(12-18(27)11-15)2-6-22-30-24(25(31-22)20-8-9-34(32-20)19-4-5-19)17-3-7-23-29-13-21(26(28)35)33(23)14-17/h3,7-14,19H,2,4-6H2,1H3,(H2,28,35)(H,30,31). The van der Waals surface area contributed by atoms with Crippen molar-refractivity contribution in [1.29, 1.82) is 0 Å². The zero-order valence-corrected chi connectivity index (χ0v) is 19.2. The lowest BCUT2D eigenvalue weighted by atomic mass is 10.1. The molecule has 176 valence electrons. The molecule has 4 heterocycles. The van der Waals surface area contributed by atoms with Crippen LogP contribution in [0.3, 0.4) is 0 Å². The highest BCUT2D eigenvalue weighted by Crippen LogP contribution is 2.36. The number of carbonyl (C=O) groups excluding carboxylic acids is 1. The van der Waals surface area contributed by atoms with Gasteiger partial charge in [-0.15, -0.1) is 0 Å². The summed E-state index contributed by atoms with van der Waals surface area (Å²) in [6.07, 6.45) is 8.82. The minimum absolute atomic E-state index is 0.231. The number of pyridine rings is 1. The summed E-state index contributed by atoms with van der Waals surface area (Å²) in [5.41, 5.74) is 11.4. The molecular weight excluding hydrogens is 445 g/mol. The number of aromatic nitrogens is 6. The fraction of sp³-hybridized carbons (Fsp3) is 0.231. The number of aryl methyl sites for hydroxylation is 3. The number of H-pyrrole nitrogens is 1. The molecule has 1 aliphatic rings. The number of amides is 1. The van der Waals surface area contributed by atoms with E-state index in [1.807, 2.05) is 48.3 Å². The summed E-state index contributed by atoms with van der Waals surface area (Å²) in [7, 11) is 0. The van der Waals surface area contributed by atoms with Gasteiger partial charge in [0.25, 0.3) is 5.91 Å². The number of aromatic amines is 1. The van der Waals surface area contributed by atoms with Gasteiger partial charge in [-0.1, -0.05) is 6.07 Å². The van der Waals surface area contributed by atoms with E-state index < -0.39 is 5.91 Å². The lowest BCUT2D eigenvalue weighted by molar-refractivity contribution is 0.0994. The molecular formula is C26H24FN7O. The number of hydrogen-bond donors (Lipinski definition) is 2. The van der Waals surface area contributed by atoms with Crippen LogP contribution in [0.4, 0.5) is 4.39 Å². The van der Waals surface area contributed by atoms with Crippen LogP contribution in [0.1, 0.15) is 46.3 Å². The van der Waals surface area contributed by atoms with Crippen molar-refractivity contribution in [3.8, 4) is 22.6 Å². The van der Waals surface area contributed by atoms with Gasteiger partial charge in [-0.3, -0.25) is 13.9 Å². The largest absolute Gasteiger partial charge is 0.364 e. The number of imidazole rings is 2. The van der Waals surface area contributed by atoms with E-state index in [9.17, 15) is 9.18 Å². The van der Waals surface area contributed by atoms with Gasteiger partial charge in [-0.25, -0.2) is 14.4 Å². The predicted octanol–water partition coefficient (Wildman–Crippen LogP) is 4.25. The molecule has 0 spiro atoms. The minimum Gasteiger partial charge on any atom is -0.364 e. The van der Waals surface area contributed by atoms with Crippen molar-refractivity contribution >= 4 is 11.6 Å². The van der Waals surface area contributed by atoms with Gasteiger partial charge < -0.3 is 10.7 Å². The molecule has 1 aromatic carbocycles. The van der Waals surface area contributed by atoms with E-state index >= 15 is 0 Å². The molecule has 0 unspecified atom stereocenters. The molecule has 0 saturated heterocycles. The summed E-state index contributed by atoms with van der Waals surface area (Å²) in [5, 5.41) is 4.78. The van der Waals surface area contributed by atoms with Crippen LogP contribution in [0.2, 0.25) is 0 Å². The average molecular weight is 470 g/mol. The number of hydrogen-bond acceptors (Lipinski definition) is 4. The molecule has 0 bridgehead atoms. The van der Waals surface area contributed by atoms with Crippen molar-refractivity contribution in [3.63, 3.8) is 0 Å². The van der Waals surface area contributed by atoms with Gasteiger partial charge in [0.2, 0.25) is 0 Å². The first-order chi connectivity index (χ1) is 16.9. The third-order valence-electron chi connectivity index (χ3n) is 6.32. The number of halogens is 1. The second-order valence-corrected chi connectivity index (χ2v) is 9.11. The van der Waals surface area contributed by atoms with Crippen molar-refractivity contribution in [3.05, 3.63) is 83.5 Å². The Morgan fingerprint density at radius 3 is 2.83 bits per heavy atom. The quantitative estimate of drug-likeness (QED) is 0.371.